The number of aliphatic hydroxyl groups is 1. The summed E-state index contributed by atoms with van der Waals surface area (Å²) in [5.41, 5.74) is 6.44. The first kappa shape index (κ1) is 14.9. The van der Waals surface area contributed by atoms with Crippen molar-refractivity contribution in [2.75, 3.05) is 6.61 Å². The van der Waals surface area contributed by atoms with Crippen LogP contribution in [-0.2, 0) is 0 Å². The van der Waals surface area contributed by atoms with Crippen LogP contribution in [0.3, 0.4) is 0 Å². The van der Waals surface area contributed by atoms with Crippen molar-refractivity contribution in [3.63, 3.8) is 0 Å². The Kier molecular flexibility index (Phi) is 8.07. The summed E-state index contributed by atoms with van der Waals surface area (Å²) in [5, 5.41) is 9.00. The highest BCUT2D eigenvalue weighted by molar-refractivity contribution is 4.88. The van der Waals surface area contributed by atoms with Crippen molar-refractivity contribution in [2.45, 2.75) is 71.3 Å². The molecule has 0 aliphatic heterocycles. The Morgan fingerprint density at radius 3 is 1.93 bits per heavy atom. The molecule has 0 heterocycles. The van der Waals surface area contributed by atoms with E-state index in [1.165, 1.54) is 25.7 Å². The lowest BCUT2D eigenvalue weighted by molar-refractivity contribution is 0.183. The molecule has 0 aromatic heterocycles. The van der Waals surface area contributed by atoms with E-state index >= 15 is 0 Å². The second-order valence-corrected chi connectivity index (χ2v) is 4.85. The summed E-state index contributed by atoms with van der Waals surface area (Å²) >= 11 is 0. The van der Waals surface area contributed by atoms with E-state index in [0.29, 0.717) is 5.92 Å². The molecular formula is C13H29NO. The first-order valence-electron chi connectivity index (χ1n) is 6.50. The van der Waals surface area contributed by atoms with Gasteiger partial charge in [0.25, 0.3) is 0 Å². The van der Waals surface area contributed by atoms with E-state index in [-0.39, 0.29) is 12.1 Å². The minimum Gasteiger partial charge on any atom is -0.396 e. The Bertz CT molecular complexity index is 139. The highest BCUT2D eigenvalue weighted by Crippen LogP contribution is 2.29. The molecule has 1 atom stereocenters. The van der Waals surface area contributed by atoms with E-state index in [0.717, 1.165) is 19.3 Å². The minimum atomic E-state index is -0.0469. The average Bonchev–Trinajstić information content (AvgIpc) is 2.24. The molecule has 0 aromatic carbocycles. The van der Waals surface area contributed by atoms with Gasteiger partial charge < -0.3 is 10.8 Å². The number of unbranched alkanes of at least 4 members (excludes halogenated alkanes) is 2. The van der Waals surface area contributed by atoms with E-state index in [4.69, 9.17) is 10.8 Å². The summed E-state index contributed by atoms with van der Waals surface area (Å²) in [6.07, 6.45) is 7.86. The van der Waals surface area contributed by atoms with Crippen molar-refractivity contribution < 1.29 is 5.11 Å². The van der Waals surface area contributed by atoms with Crippen molar-refractivity contribution in [1.29, 1.82) is 0 Å². The molecule has 1 unspecified atom stereocenters. The standard InChI is InChI=1S/C13H29NO/c1-4-6-9-13(14,10-7-5-2)12(3)8-11-15/h12,15H,4-11,14H2,1-3H3. The maximum Gasteiger partial charge on any atom is 0.0434 e. The predicted octanol–water partition coefficient (Wildman–Crippen LogP) is 3.08. The Balaban J connectivity index is 4.23. The van der Waals surface area contributed by atoms with Gasteiger partial charge >= 0.3 is 0 Å². The zero-order valence-corrected chi connectivity index (χ0v) is 10.8. The van der Waals surface area contributed by atoms with Crippen LogP contribution in [0.1, 0.15) is 65.7 Å². The summed E-state index contributed by atoms with van der Waals surface area (Å²) in [4.78, 5) is 0. The minimum absolute atomic E-state index is 0.0469. The Labute approximate surface area is 95.3 Å². The van der Waals surface area contributed by atoms with Gasteiger partial charge in [-0.2, -0.15) is 0 Å². The number of hydrogen-bond donors (Lipinski definition) is 2. The fourth-order valence-electron chi connectivity index (χ4n) is 2.11. The lowest BCUT2D eigenvalue weighted by Gasteiger charge is -2.36. The second-order valence-electron chi connectivity index (χ2n) is 4.85. The zero-order chi connectivity index (χ0) is 11.7. The predicted molar refractivity (Wildman–Crippen MR) is 66.8 cm³/mol. The molecule has 0 aliphatic carbocycles. The summed E-state index contributed by atoms with van der Waals surface area (Å²) in [6, 6.07) is 0. The number of aliphatic hydroxyl groups excluding tert-OH is 1. The summed E-state index contributed by atoms with van der Waals surface area (Å²) in [6.45, 7) is 6.85. The van der Waals surface area contributed by atoms with Crippen molar-refractivity contribution in [3.05, 3.63) is 0 Å². The molecule has 0 amide bonds. The van der Waals surface area contributed by atoms with Gasteiger partial charge in [0, 0.05) is 12.1 Å². The normalized spacial score (nSPS) is 14.2. The topological polar surface area (TPSA) is 46.2 Å². The molecule has 0 fully saturated rings. The molecule has 0 aliphatic rings. The van der Waals surface area contributed by atoms with E-state index in [1.807, 2.05) is 0 Å². The lowest BCUT2D eigenvalue weighted by Crippen LogP contribution is -2.46. The van der Waals surface area contributed by atoms with Gasteiger partial charge in [0.15, 0.2) is 0 Å². The molecule has 0 spiro atoms. The van der Waals surface area contributed by atoms with Crippen molar-refractivity contribution in [1.82, 2.24) is 0 Å². The molecule has 0 radical (unpaired) electrons. The van der Waals surface area contributed by atoms with Crippen LogP contribution in [0, 0.1) is 5.92 Å². The Hall–Kier alpha value is -0.0800. The van der Waals surface area contributed by atoms with E-state index in [1.54, 1.807) is 0 Å². The maximum absolute atomic E-state index is 9.00. The number of hydrogen-bond acceptors (Lipinski definition) is 2. The van der Waals surface area contributed by atoms with Gasteiger partial charge in [0.1, 0.15) is 0 Å². The van der Waals surface area contributed by atoms with Crippen LogP contribution >= 0.6 is 0 Å². The third-order valence-electron chi connectivity index (χ3n) is 3.54. The molecule has 0 saturated heterocycles. The second kappa shape index (κ2) is 8.12. The van der Waals surface area contributed by atoms with E-state index < -0.39 is 0 Å². The first-order chi connectivity index (χ1) is 7.10. The van der Waals surface area contributed by atoms with Gasteiger partial charge in [0.2, 0.25) is 0 Å². The monoisotopic (exact) mass is 215 g/mol. The largest absolute Gasteiger partial charge is 0.396 e. The maximum atomic E-state index is 9.00. The Morgan fingerprint density at radius 1 is 1.13 bits per heavy atom. The van der Waals surface area contributed by atoms with Crippen LogP contribution in [-0.4, -0.2) is 17.3 Å². The zero-order valence-electron chi connectivity index (χ0n) is 10.8. The summed E-state index contributed by atoms with van der Waals surface area (Å²) in [5.74, 6) is 0.431. The van der Waals surface area contributed by atoms with Gasteiger partial charge in [0.05, 0.1) is 0 Å². The van der Waals surface area contributed by atoms with Crippen LogP contribution in [0.25, 0.3) is 0 Å². The molecule has 15 heavy (non-hydrogen) atoms. The molecule has 0 aromatic rings. The van der Waals surface area contributed by atoms with E-state index in [9.17, 15) is 0 Å². The average molecular weight is 215 g/mol. The smallest absolute Gasteiger partial charge is 0.0434 e. The molecule has 0 saturated carbocycles. The van der Waals surface area contributed by atoms with Crippen LogP contribution in [0.4, 0.5) is 0 Å². The molecule has 0 bridgehead atoms. The fraction of sp³-hybridized carbons (Fsp3) is 1.00. The summed E-state index contributed by atoms with van der Waals surface area (Å²) in [7, 11) is 0. The molecular weight excluding hydrogens is 186 g/mol. The van der Waals surface area contributed by atoms with Crippen LogP contribution < -0.4 is 5.73 Å². The third-order valence-corrected chi connectivity index (χ3v) is 3.54. The van der Waals surface area contributed by atoms with Gasteiger partial charge in [-0.3, -0.25) is 0 Å². The molecule has 2 nitrogen and oxygen atoms in total. The molecule has 0 rings (SSSR count). The quantitative estimate of drug-likeness (QED) is 0.621. The highest BCUT2D eigenvalue weighted by atomic mass is 16.3. The molecule has 92 valence electrons. The van der Waals surface area contributed by atoms with Gasteiger partial charge in [-0.25, -0.2) is 0 Å². The van der Waals surface area contributed by atoms with Crippen LogP contribution in [0.5, 0.6) is 0 Å². The van der Waals surface area contributed by atoms with Crippen LogP contribution in [0.2, 0.25) is 0 Å². The molecule has 2 heteroatoms. The summed E-state index contributed by atoms with van der Waals surface area (Å²) < 4.78 is 0. The van der Waals surface area contributed by atoms with Crippen LogP contribution in [0.15, 0.2) is 0 Å². The lowest BCUT2D eigenvalue weighted by atomic mass is 9.76. The van der Waals surface area contributed by atoms with Crippen molar-refractivity contribution in [2.24, 2.45) is 11.7 Å². The van der Waals surface area contributed by atoms with Gasteiger partial charge in [-0.05, 0) is 25.2 Å². The number of rotatable bonds is 9. The van der Waals surface area contributed by atoms with Crippen molar-refractivity contribution >= 4 is 0 Å². The highest BCUT2D eigenvalue weighted by Gasteiger charge is 2.29. The van der Waals surface area contributed by atoms with Gasteiger partial charge in [-0.1, -0.05) is 46.5 Å². The fourth-order valence-corrected chi connectivity index (χ4v) is 2.11. The van der Waals surface area contributed by atoms with E-state index in [2.05, 4.69) is 20.8 Å². The van der Waals surface area contributed by atoms with Gasteiger partial charge in [-0.15, -0.1) is 0 Å². The number of nitrogens with two attached hydrogens (primary N) is 1. The SMILES string of the molecule is CCCCC(N)(CCCC)C(C)CCO. The Morgan fingerprint density at radius 2 is 1.60 bits per heavy atom. The molecule has 3 N–H and O–H groups in total. The third kappa shape index (κ3) is 5.53. The van der Waals surface area contributed by atoms with Crippen molar-refractivity contribution in [3.8, 4) is 0 Å². The first-order valence-corrected chi connectivity index (χ1v) is 6.50.